The van der Waals surface area contributed by atoms with Crippen molar-refractivity contribution in [3.8, 4) is 0 Å². The molecule has 0 radical (unpaired) electrons. The summed E-state index contributed by atoms with van der Waals surface area (Å²) in [6.07, 6.45) is 9.76. The number of rotatable bonds is 12. The number of hydrogen-bond donors (Lipinski definition) is 3. The minimum Gasteiger partial charge on any atom is -0.459 e. The van der Waals surface area contributed by atoms with Crippen molar-refractivity contribution in [1.29, 1.82) is 0 Å². The van der Waals surface area contributed by atoms with Gasteiger partial charge in [-0.15, -0.1) is 0 Å². The minimum atomic E-state index is -2.29. The van der Waals surface area contributed by atoms with E-state index >= 15 is 0 Å². The normalized spacial score (nSPS) is 35.3. The van der Waals surface area contributed by atoms with Gasteiger partial charge in [0.15, 0.2) is 17.5 Å². The Balaban J connectivity index is 2.03. The number of aliphatic hydroxyl groups is 3. The number of esters is 2. The molecule has 8 nitrogen and oxygen atoms in total. The minimum absolute atomic E-state index is 0.0635. The molecule has 0 aromatic carbocycles. The summed E-state index contributed by atoms with van der Waals surface area (Å²) in [5.41, 5.74) is -5.23. The number of hydrogen-bond acceptors (Lipinski definition) is 8. The molecule has 242 valence electrons. The molecule has 0 amide bonds. The molecular formula is C35H54O8. The summed E-state index contributed by atoms with van der Waals surface area (Å²) in [5, 5.41) is 34.7. The molecule has 0 saturated heterocycles. The number of ether oxygens (including phenoxy) is 2. The highest BCUT2D eigenvalue weighted by atomic mass is 16.6. The molecule has 0 aromatic rings. The number of carbonyl (C=O) groups excluding carboxylic acids is 3. The maximum absolute atomic E-state index is 14.8. The van der Waals surface area contributed by atoms with Crippen molar-refractivity contribution in [1.82, 2.24) is 0 Å². The molecule has 0 aromatic heterocycles. The van der Waals surface area contributed by atoms with Gasteiger partial charge in [0, 0.05) is 23.3 Å². The Morgan fingerprint density at radius 3 is 2.28 bits per heavy atom. The zero-order chi connectivity index (χ0) is 32.4. The Kier molecular flexibility index (Phi) is 10.9. The number of aliphatic hydroxyl groups excluding tert-OH is 2. The molecule has 1 fully saturated rings. The summed E-state index contributed by atoms with van der Waals surface area (Å²) in [6, 6.07) is 0. The second kappa shape index (κ2) is 13.4. The van der Waals surface area contributed by atoms with Gasteiger partial charge in [0.1, 0.15) is 11.7 Å². The Morgan fingerprint density at radius 1 is 1.09 bits per heavy atom. The fraction of sp³-hybridized carbons (Fsp3) is 0.743. The number of fused-ring (bicyclic) bond motifs is 1. The van der Waals surface area contributed by atoms with Crippen LogP contribution in [0.1, 0.15) is 113 Å². The molecule has 1 saturated carbocycles. The van der Waals surface area contributed by atoms with Crippen LogP contribution in [0.5, 0.6) is 0 Å². The molecule has 0 aliphatic heterocycles. The highest BCUT2D eigenvalue weighted by Gasteiger charge is 2.74. The van der Waals surface area contributed by atoms with Crippen LogP contribution in [0.3, 0.4) is 0 Å². The molecule has 43 heavy (non-hydrogen) atoms. The highest BCUT2D eigenvalue weighted by Crippen LogP contribution is 2.64. The van der Waals surface area contributed by atoms with Crippen molar-refractivity contribution in [2.45, 2.75) is 137 Å². The molecule has 1 spiro atoms. The SMILES string of the molecule is C/C=C(/C)C(=O)O[C@H]1C(C)=CC23C(=O)[C@@H](C=C(CO)[C@@H](O)[C@]12O)C(C)(C)[C@](C)(OC(=O)CCCCCCCCC)CC3C. The van der Waals surface area contributed by atoms with Crippen LogP contribution in [0.4, 0.5) is 0 Å². The van der Waals surface area contributed by atoms with Gasteiger partial charge in [0.05, 0.1) is 12.0 Å². The van der Waals surface area contributed by atoms with Crippen LogP contribution in [-0.4, -0.2) is 63.1 Å². The van der Waals surface area contributed by atoms with Crippen LogP contribution in [0.25, 0.3) is 0 Å². The van der Waals surface area contributed by atoms with Gasteiger partial charge in [0.2, 0.25) is 0 Å². The van der Waals surface area contributed by atoms with Crippen LogP contribution in [0.15, 0.2) is 34.9 Å². The van der Waals surface area contributed by atoms with Gasteiger partial charge in [-0.25, -0.2) is 4.79 Å². The van der Waals surface area contributed by atoms with E-state index in [9.17, 15) is 29.7 Å². The largest absolute Gasteiger partial charge is 0.459 e. The van der Waals surface area contributed by atoms with Crippen LogP contribution < -0.4 is 0 Å². The predicted molar refractivity (Wildman–Crippen MR) is 165 cm³/mol. The average molecular weight is 603 g/mol. The van der Waals surface area contributed by atoms with E-state index in [0.29, 0.717) is 11.1 Å². The van der Waals surface area contributed by atoms with E-state index in [0.717, 1.165) is 25.7 Å². The van der Waals surface area contributed by atoms with Crippen molar-refractivity contribution < 1.29 is 39.2 Å². The summed E-state index contributed by atoms with van der Waals surface area (Å²) in [6.45, 7) is 13.9. The van der Waals surface area contributed by atoms with Crippen molar-refractivity contribution >= 4 is 17.7 Å². The van der Waals surface area contributed by atoms with E-state index in [1.54, 1.807) is 32.9 Å². The summed E-state index contributed by atoms with van der Waals surface area (Å²) in [4.78, 5) is 41.0. The van der Waals surface area contributed by atoms with Gasteiger partial charge < -0.3 is 24.8 Å². The molecule has 3 aliphatic carbocycles. The highest BCUT2D eigenvalue weighted by molar-refractivity contribution is 5.96. The number of unbranched alkanes of at least 4 members (excludes halogenated alkanes) is 6. The van der Waals surface area contributed by atoms with Gasteiger partial charge in [-0.2, -0.15) is 0 Å². The van der Waals surface area contributed by atoms with Crippen molar-refractivity contribution in [3.63, 3.8) is 0 Å². The second-order valence-electron chi connectivity index (χ2n) is 13.9. The standard InChI is InChI=1S/C35H54O8/c1-9-11-12-13-14-15-16-17-27(37)43-33(8)20-24(5)34-19-23(4)30(42-31(40)22(3)10-2)35(34,41)28(38)25(21-36)18-26(29(34)39)32(33,6)7/h10,18-19,24,26,28,30,36,38,41H,9,11-17,20-21H2,1-8H3/b22-10-/t24?,26-,28-,30+,33-,34?,35+/m1/s1. The first-order chi connectivity index (χ1) is 20.1. The maximum Gasteiger partial charge on any atom is 0.334 e. The molecule has 8 heteroatoms. The summed E-state index contributed by atoms with van der Waals surface area (Å²) in [5.74, 6) is -2.92. The fourth-order valence-corrected chi connectivity index (χ4v) is 7.67. The number of allylic oxidation sites excluding steroid dienone is 2. The van der Waals surface area contributed by atoms with E-state index in [-0.39, 0.29) is 30.2 Å². The van der Waals surface area contributed by atoms with Crippen LogP contribution >= 0.6 is 0 Å². The lowest BCUT2D eigenvalue weighted by Crippen LogP contribution is -2.65. The molecule has 3 rings (SSSR count). The summed E-state index contributed by atoms with van der Waals surface area (Å²) < 4.78 is 12.1. The lowest BCUT2D eigenvalue weighted by molar-refractivity contribution is -0.202. The fourth-order valence-electron chi connectivity index (χ4n) is 7.67. The summed E-state index contributed by atoms with van der Waals surface area (Å²) in [7, 11) is 0. The van der Waals surface area contributed by atoms with Gasteiger partial charge in [-0.05, 0) is 57.6 Å². The lowest BCUT2D eigenvalue weighted by atomic mass is 9.59. The van der Waals surface area contributed by atoms with E-state index in [1.807, 2.05) is 27.7 Å². The zero-order valence-electron chi connectivity index (χ0n) is 27.5. The quantitative estimate of drug-likeness (QED) is 0.115. The number of Topliss-reactive ketones (excluding diaryl/α,β-unsaturated/α-hetero) is 1. The maximum atomic E-state index is 14.8. The third-order valence-electron chi connectivity index (χ3n) is 10.9. The Labute approximate surface area is 257 Å². The van der Waals surface area contributed by atoms with E-state index < -0.39 is 58.7 Å². The van der Waals surface area contributed by atoms with Crippen molar-refractivity contribution in [3.05, 3.63) is 34.9 Å². The molecule has 7 atom stereocenters. The van der Waals surface area contributed by atoms with Gasteiger partial charge in [0.25, 0.3) is 0 Å². The Morgan fingerprint density at radius 2 is 1.70 bits per heavy atom. The molecule has 3 N–H and O–H groups in total. The van der Waals surface area contributed by atoms with Gasteiger partial charge in [-0.3, -0.25) is 9.59 Å². The van der Waals surface area contributed by atoms with E-state index in [1.165, 1.54) is 25.3 Å². The first-order valence-corrected chi connectivity index (χ1v) is 16.1. The van der Waals surface area contributed by atoms with E-state index in [4.69, 9.17) is 9.47 Å². The molecule has 3 aliphatic rings. The Hall–Kier alpha value is -2.29. The lowest BCUT2D eigenvalue weighted by Gasteiger charge is -2.49. The first kappa shape index (κ1) is 35.2. The molecule has 0 heterocycles. The third kappa shape index (κ3) is 5.91. The number of carbonyl (C=O) groups is 3. The smallest absolute Gasteiger partial charge is 0.334 e. The zero-order valence-corrected chi connectivity index (χ0v) is 27.5. The topological polar surface area (TPSA) is 130 Å². The molecular weight excluding hydrogens is 548 g/mol. The second-order valence-corrected chi connectivity index (χ2v) is 13.9. The summed E-state index contributed by atoms with van der Waals surface area (Å²) >= 11 is 0. The average Bonchev–Trinajstić information content (AvgIpc) is 3.12. The molecule has 2 unspecified atom stereocenters. The van der Waals surface area contributed by atoms with Gasteiger partial charge in [-0.1, -0.05) is 84.4 Å². The third-order valence-corrected chi connectivity index (χ3v) is 10.9. The first-order valence-electron chi connectivity index (χ1n) is 16.1. The van der Waals surface area contributed by atoms with Crippen LogP contribution in [0.2, 0.25) is 0 Å². The Bertz CT molecular complexity index is 1160. The van der Waals surface area contributed by atoms with E-state index in [2.05, 4.69) is 6.92 Å². The predicted octanol–water partition coefficient (Wildman–Crippen LogP) is 5.53. The monoisotopic (exact) mass is 602 g/mol. The van der Waals surface area contributed by atoms with Gasteiger partial charge >= 0.3 is 11.9 Å². The molecule has 2 bridgehead atoms. The number of ketones is 1. The van der Waals surface area contributed by atoms with Crippen molar-refractivity contribution in [2.75, 3.05) is 6.61 Å². The van der Waals surface area contributed by atoms with Crippen LogP contribution in [0, 0.1) is 22.7 Å². The van der Waals surface area contributed by atoms with Crippen molar-refractivity contribution in [2.24, 2.45) is 22.7 Å². The van der Waals surface area contributed by atoms with Crippen LogP contribution in [-0.2, 0) is 23.9 Å².